The number of nitrogens with one attached hydrogen (secondary N) is 1. The van der Waals surface area contributed by atoms with Crippen molar-refractivity contribution in [2.45, 2.75) is 58.9 Å². The van der Waals surface area contributed by atoms with Gasteiger partial charge in [0, 0.05) is 19.6 Å². The lowest BCUT2D eigenvalue weighted by Crippen LogP contribution is -2.47. The van der Waals surface area contributed by atoms with E-state index in [0.717, 1.165) is 25.7 Å². The number of benzene rings is 1. The lowest BCUT2D eigenvalue weighted by Gasteiger charge is -2.32. The van der Waals surface area contributed by atoms with Crippen molar-refractivity contribution in [1.82, 2.24) is 19.8 Å². The van der Waals surface area contributed by atoms with E-state index in [0.29, 0.717) is 36.4 Å². The van der Waals surface area contributed by atoms with Crippen LogP contribution in [0.4, 0.5) is 0 Å². The number of para-hydroxylation sites is 1. The van der Waals surface area contributed by atoms with E-state index in [-0.39, 0.29) is 29.8 Å². The normalized spacial score (nSPS) is 16.6. The van der Waals surface area contributed by atoms with Crippen LogP contribution < -0.4 is 10.9 Å². The van der Waals surface area contributed by atoms with Crippen molar-refractivity contribution in [2.75, 3.05) is 19.6 Å². The highest BCUT2D eigenvalue weighted by Crippen LogP contribution is 2.17. The average Bonchev–Trinajstić information content (AvgIpc) is 2.76. The minimum absolute atomic E-state index is 0.0321. The smallest absolute Gasteiger partial charge is 0.261 e. The fourth-order valence-corrected chi connectivity index (χ4v) is 4.03. The summed E-state index contributed by atoms with van der Waals surface area (Å²) in [5.41, 5.74) is 0.433. The molecule has 2 heterocycles. The maximum Gasteiger partial charge on any atom is 0.261 e. The number of amides is 2. The molecule has 162 valence electrons. The van der Waals surface area contributed by atoms with E-state index in [4.69, 9.17) is 0 Å². The largest absolute Gasteiger partial charge is 0.356 e. The summed E-state index contributed by atoms with van der Waals surface area (Å²) in [6, 6.07) is 7.16. The summed E-state index contributed by atoms with van der Waals surface area (Å²) in [5.74, 6) is 0.231. The fourth-order valence-electron chi connectivity index (χ4n) is 4.03. The lowest BCUT2D eigenvalue weighted by atomic mass is 9.97. The third kappa shape index (κ3) is 5.26. The van der Waals surface area contributed by atoms with Crippen LogP contribution in [0.3, 0.4) is 0 Å². The molecule has 2 amide bonds. The Kier molecular flexibility index (Phi) is 7.60. The Bertz CT molecular complexity index is 953. The molecule has 0 bridgehead atoms. The predicted octanol–water partition coefficient (Wildman–Crippen LogP) is 2.64. The molecule has 1 aliphatic rings. The average molecular weight is 413 g/mol. The monoisotopic (exact) mass is 412 g/mol. The first-order valence-corrected chi connectivity index (χ1v) is 11.0. The van der Waals surface area contributed by atoms with Crippen molar-refractivity contribution >= 4 is 22.7 Å². The fraction of sp³-hybridized carbons (Fsp3) is 0.565. The third-order valence-electron chi connectivity index (χ3n) is 5.82. The van der Waals surface area contributed by atoms with Crippen LogP contribution in [0.15, 0.2) is 29.1 Å². The number of hydrogen-bond acceptors (Lipinski definition) is 4. The quantitative estimate of drug-likeness (QED) is 0.676. The molecule has 1 aromatic heterocycles. The van der Waals surface area contributed by atoms with Crippen LogP contribution >= 0.6 is 0 Å². The first kappa shape index (κ1) is 22.0. The Morgan fingerprint density at radius 3 is 2.80 bits per heavy atom. The second kappa shape index (κ2) is 10.4. The highest BCUT2D eigenvalue weighted by atomic mass is 16.2. The first-order chi connectivity index (χ1) is 14.5. The highest BCUT2D eigenvalue weighted by Gasteiger charge is 2.28. The zero-order valence-corrected chi connectivity index (χ0v) is 18.0. The van der Waals surface area contributed by atoms with E-state index in [1.54, 1.807) is 30.0 Å². The van der Waals surface area contributed by atoms with E-state index < -0.39 is 0 Å². The Morgan fingerprint density at radius 1 is 1.20 bits per heavy atom. The molecular weight excluding hydrogens is 380 g/mol. The number of aryl methyl sites for hydroxylation is 1. The molecule has 1 saturated heterocycles. The summed E-state index contributed by atoms with van der Waals surface area (Å²) in [7, 11) is 0. The van der Waals surface area contributed by atoms with Crippen molar-refractivity contribution in [3.8, 4) is 0 Å². The molecule has 0 spiro atoms. The van der Waals surface area contributed by atoms with Gasteiger partial charge in [-0.1, -0.05) is 38.3 Å². The molecular formula is C23H32N4O3. The number of carbonyl (C=O) groups excluding carboxylic acids is 2. The van der Waals surface area contributed by atoms with Gasteiger partial charge in [0.2, 0.25) is 11.8 Å². The van der Waals surface area contributed by atoms with Crippen molar-refractivity contribution in [3.05, 3.63) is 40.4 Å². The molecule has 1 unspecified atom stereocenters. The number of rotatable bonds is 8. The zero-order valence-electron chi connectivity index (χ0n) is 18.0. The van der Waals surface area contributed by atoms with Crippen LogP contribution in [0.5, 0.6) is 0 Å². The SMILES string of the molecule is CCCCCCNC(=O)C1CCCN(C(=O)Cn2c(C)nc3ccccc3c2=O)C1. The number of nitrogens with zero attached hydrogens (tertiary/aromatic N) is 3. The summed E-state index contributed by atoms with van der Waals surface area (Å²) in [5, 5.41) is 3.53. The summed E-state index contributed by atoms with van der Waals surface area (Å²) >= 11 is 0. The summed E-state index contributed by atoms with van der Waals surface area (Å²) in [6.07, 6.45) is 6.06. The van der Waals surface area contributed by atoms with Gasteiger partial charge < -0.3 is 10.2 Å². The Labute approximate surface area is 177 Å². The molecule has 0 saturated carbocycles. The number of aromatic nitrogens is 2. The molecule has 1 N–H and O–H groups in total. The Balaban J connectivity index is 1.61. The zero-order chi connectivity index (χ0) is 21.5. The van der Waals surface area contributed by atoms with Crippen molar-refractivity contribution in [2.24, 2.45) is 5.92 Å². The predicted molar refractivity (Wildman–Crippen MR) is 117 cm³/mol. The van der Waals surface area contributed by atoms with E-state index >= 15 is 0 Å². The summed E-state index contributed by atoms with van der Waals surface area (Å²) in [6.45, 7) is 5.58. The van der Waals surface area contributed by atoms with E-state index in [2.05, 4.69) is 17.2 Å². The number of piperidine rings is 1. The molecule has 0 radical (unpaired) electrons. The van der Waals surface area contributed by atoms with Crippen LogP contribution in [0.2, 0.25) is 0 Å². The Morgan fingerprint density at radius 2 is 2.00 bits per heavy atom. The van der Waals surface area contributed by atoms with E-state index in [1.165, 1.54) is 17.4 Å². The summed E-state index contributed by atoms with van der Waals surface area (Å²) in [4.78, 5) is 44.4. The van der Waals surface area contributed by atoms with Gasteiger partial charge in [-0.15, -0.1) is 0 Å². The summed E-state index contributed by atoms with van der Waals surface area (Å²) < 4.78 is 1.43. The maximum absolute atomic E-state index is 12.9. The van der Waals surface area contributed by atoms with Crippen molar-refractivity contribution < 1.29 is 9.59 Å². The molecule has 1 fully saturated rings. The molecule has 1 atom stereocenters. The number of likely N-dealkylation sites (tertiary alicyclic amines) is 1. The minimum atomic E-state index is -0.204. The molecule has 1 aromatic carbocycles. The molecule has 0 aliphatic carbocycles. The number of unbranched alkanes of at least 4 members (excludes halogenated alkanes) is 3. The standard InChI is InChI=1S/C23H32N4O3/c1-3-4-5-8-13-24-22(29)18-10-9-14-26(15-18)21(28)16-27-17(2)25-20-12-7-6-11-19(20)23(27)30/h6-7,11-12,18H,3-5,8-10,13-16H2,1-2H3,(H,24,29). The Hall–Kier alpha value is -2.70. The van der Waals surface area contributed by atoms with Gasteiger partial charge in [0.1, 0.15) is 12.4 Å². The number of fused-ring (bicyclic) bond motifs is 1. The van der Waals surface area contributed by atoms with E-state index in [1.807, 2.05) is 6.07 Å². The number of hydrogen-bond donors (Lipinski definition) is 1. The van der Waals surface area contributed by atoms with Gasteiger partial charge in [0.25, 0.3) is 5.56 Å². The molecule has 30 heavy (non-hydrogen) atoms. The molecule has 3 rings (SSSR count). The van der Waals surface area contributed by atoms with Crippen LogP contribution in [-0.2, 0) is 16.1 Å². The van der Waals surface area contributed by atoms with Crippen molar-refractivity contribution in [3.63, 3.8) is 0 Å². The van der Waals surface area contributed by atoms with Crippen LogP contribution in [-0.4, -0.2) is 45.9 Å². The topological polar surface area (TPSA) is 84.3 Å². The van der Waals surface area contributed by atoms with Crippen LogP contribution in [0, 0.1) is 12.8 Å². The molecule has 2 aromatic rings. The molecule has 7 nitrogen and oxygen atoms in total. The van der Waals surface area contributed by atoms with Crippen LogP contribution in [0.1, 0.15) is 51.3 Å². The van der Waals surface area contributed by atoms with Gasteiger partial charge in [-0.2, -0.15) is 0 Å². The van der Waals surface area contributed by atoms with Gasteiger partial charge in [-0.25, -0.2) is 4.98 Å². The number of carbonyl (C=O) groups is 2. The van der Waals surface area contributed by atoms with E-state index in [9.17, 15) is 14.4 Å². The lowest BCUT2D eigenvalue weighted by molar-refractivity contribution is -0.136. The minimum Gasteiger partial charge on any atom is -0.356 e. The van der Waals surface area contributed by atoms with Gasteiger partial charge in [0.05, 0.1) is 16.8 Å². The van der Waals surface area contributed by atoms with Gasteiger partial charge in [0.15, 0.2) is 0 Å². The van der Waals surface area contributed by atoms with Gasteiger partial charge in [-0.3, -0.25) is 19.0 Å². The second-order valence-electron chi connectivity index (χ2n) is 8.10. The van der Waals surface area contributed by atoms with Crippen LogP contribution in [0.25, 0.3) is 10.9 Å². The highest BCUT2D eigenvalue weighted by molar-refractivity contribution is 5.82. The van der Waals surface area contributed by atoms with Crippen molar-refractivity contribution in [1.29, 1.82) is 0 Å². The van der Waals surface area contributed by atoms with Gasteiger partial charge in [-0.05, 0) is 38.3 Å². The molecule has 1 aliphatic heterocycles. The maximum atomic E-state index is 12.9. The second-order valence-corrected chi connectivity index (χ2v) is 8.10. The molecule has 7 heteroatoms. The first-order valence-electron chi connectivity index (χ1n) is 11.0. The third-order valence-corrected chi connectivity index (χ3v) is 5.82. The van der Waals surface area contributed by atoms with Gasteiger partial charge >= 0.3 is 0 Å².